The van der Waals surface area contributed by atoms with Gasteiger partial charge in [0, 0.05) is 5.69 Å². The molecule has 0 unspecified atom stereocenters. The number of esters is 2. The Kier molecular flexibility index (Phi) is 7.38. The number of nitrogens with one attached hydrogen (secondary N) is 1. The number of rotatable bonds is 8. The van der Waals surface area contributed by atoms with Crippen molar-refractivity contribution < 1.29 is 33.3 Å². The topological polar surface area (TPSA) is 100 Å². The molecule has 2 aromatic rings. The number of carbonyl (C=O) groups excluding carboxylic acids is 3. The first kappa shape index (κ1) is 20.8. The average molecular weight is 387 g/mol. The summed E-state index contributed by atoms with van der Waals surface area (Å²) in [5.74, 6) is -0.776. The molecule has 2 rings (SSSR count). The SMILES string of the molecule is CCOC(=O)c1ccc(NC(=O)COC(=O)c2ccc(OC)c(OC)c2)cc1. The molecule has 2 aromatic carbocycles. The monoisotopic (exact) mass is 387 g/mol. The molecule has 0 saturated carbocycles. The van der Waals surface area contributed by atoms with Gasteiger partial charge >= 0.3 is 11.9 Å². The molecule has 0 aliphatic heterocycles. The average Bonchev–Trinajstić information content (AvgIpc) is 2.72. The molecule has 8 nitrogen and oxygen atoms in total. The van der Waals surface area contributed by atoms with Gasteiger partial charge in [-0.3, -0.25) is 4.79 Å². The minimum absolute atomic E-state index is 0.226. The highest BCUT2D eigenvalue weighted by molar-refractivity contribution is 5.96. The van der Waals surface area contributed by atoms with Crippen LogP contribution in [0.2, 0.25) is 0 Å². The maximum Gasteiger partial charge on any atom is 0.338 e. The van der Waals surface area contributed by atoms with E-state index in [1.807, 2.05) is 0 Å². The van der Waals surface area contributed by atoms with Crippen LogP contribution in [0.25, 0.3) is 0 Å². The lowest BCUT2D eigenvalue weighted by molar-refractivity contribution is -0.119. The summed E-state index contributed by atoms with van der Waals surface area (Å²) in [4.78, 5) is 35.7. The molecule has 0 aliphatic carbocycles. The molecule has 1 N–H and O–H groups in total. The molecule has 0 atom stereocenters. The summed E-state index contributed by atoms with van der Waals surface area (Å²) in [5, 5.41) is 2.57. The van der Waals surface area contributed by atoms with Crippen LogP contribution in [0.3, 0.4) is 0 Å². The molecule has 0 heterocycles. The van der Waals surface area contributed by atoms with E-state index in [2.05, 4.69) is 5.32 Å². The van der Waals surface area contributed by atoms with Crippen LogP contribution in [0.5, 0.6) is 11.5 Å². The predicted molar refractivity (Wildman–Crippen MR) is 101 cm³/mol. The number of hydrogen-bond acceptors (Lipinski definition) is 7. The first-order chi connectivity index (χ1) is 13.5. The minimum Gasteiger partial charge on any atom is -0.493 e. The Labute approximate surface area is 162 Å². The van der Waals surface area contributed by atoms with Crippen LogP contribution < -0.4 is 14.8 Å². The summed E-state index contributed by atoms with van der Waals surface area (Å²) in [5.41, 5.74) is 1.06. The summed E-state index contributed by atoms with van der Waals surface area (Å²) < 4.78 is 20.1. The van der Waals surface area contributed by atoms with Crippen molar-refractivity contribution in [3.63, 3.8) is 0 Å². The zero-order valence-corrected chi connectivity index (χ0v) is 15.8. The third kappa shape index (κ3) is 5.47. The Bertz CT molecular complexity index is 846. The van der Waals surface area contributed by atoms with E-state index < -0.39 is 24.5 Å². The fraction of sp³-hybridized carbons (Fsp3) is 0.250. The minimum atomic E-state index is -0.672. The molecular weight excluding hydrogens is 366 g/mol. The van der Waals surface area contributed by atoms with Gasteiger partial charge in [-0.1, -0.05) is 0 Å². The quantitative estimate of drug-likeness (QED) is 0.695. The van der Waals surface area contributed by atoms with E-state index in [-0.39, 0.29) is 12.2 Å². The number of anilines is 1. The molecule has 0 radical (unpaired) electrons. The number of carbonyl (C=O) groups is 3. The molecule has 0 fully saturated rings. The van der Waals surface area contributed by atoms with Crippen LogP contribution in [0.15, 0.2) is 42.5 Å². The van der Waals surface area contributed by atoms with Gasteiger partial charge in [0.15, 0.2) is 18.1 Å². The smallest absolute Gasteiger partial charge is 0.338 e. The predicted octanol–water partition coefficient (Wildman–Crippen LogP) is 2.68. The first-order valence-corrected chi connectivity index (χ1v) is 8.44. The van der Waals surface area contributed by atoms with Crippen molar-refractivity contribution >= 4 is 23.5 Å². The zero-order valence-electron chi connectivity index (χ0n) is 15.8. The fourth-order valence-corrected chi connectivity index (χ4v) is 2.28. The van der Waals surface area contributed by atoms with Gasteiger partial charge in [0.05, 0.1) is 32.0 Å². The number of benzene rings is 2. The highest BCUT2D eigenvalue weighted by Gasteiger charge is 2.14. The van der Waals surface area contributed by atoms with Crippen molar-refractivity contribution in [1.82, 2.24) is 0 Å². The van der Waals surface area contributed by atoms with E-state index >= 15 is 0 Å². The Morgan fingerprint density at radius 2 is 1.43 bits per heavy atom. The number of amides is 1. The maximum atomic E-state index is 12.1. The van der Waals surface area contributed by atoms with Crippen LogP contribution in [-0.4, -0.2) is 45.3 Å². The van der Waals surface area contributed by atoms with E-state index in [1.165, 1.54) is 38.5 Å². The van der Waals surface area contributed by atoms with Crippen molar-refractivity contribution in [2.24, 2.45) is 0 Å². The van der Waals surface area contributed by atoms with E-state index in [0.29, 0.717) is 22.7 Å². The highest BCUT2D eigenvalue weighted by atomic mass is 16.5. The van der Waals surface area contributed by atoms with Crippen molar-refractivity contribution in [2.75, 3.05) is 32.8 Å². The van der Waals surface area contributed by atoms with Gasteiger partial charge in [-0.25, -0.2) is 9.59 Å². The summed E-state index contributed by atoms with van der Waals surface area (Å²) in [6.07, 6.45) is 0. The Hall–Kier alpha value is -3.55. The highest BCUT2D eigenvalue weighted by Crippen LogP contribution is 2.27. The summed E-state index contributed by atoms with van der Waals surface area (Å²) in [7, 11) is 2.94. The lowest BCUT2D eigenvalue weighted by atomic mass is 10.2. The first-order valence-electron chi connectivity index (χ1n) is 8.44. The second-order valence-corrected chi connectivity index (χ2v) is 5.49. The third-order valence-electron chi connectivity index (χ3n) is 3.63. The van der Waals surface area contributed by atoms with Gasteiger partial charge in [-0.15, -0.1) is 0 Å². The van der Waals surface area contributed by atoms with E-state index in [0.717, 1.165) is 0 Å². The van der Waals surface area contributed by atoms with Crippen LogP contribution in [0, 0.1) is 0 Å². The van der Waals surface area contributed by atoms with Crippen molar-refractivity contribution in [3.05, 3.63) is 53.6 Å². The Morgan fingerprint density at radius 1 is 0.821 bits per heavy atom. The molecule has 1 amide bonds. The van der Waals surface area contributed by atoms with Crippen LogP contribution in [0.4, 0.5) is 5.69 Å². The molecule has 0 bridgehead atoms. The summed E-state index contributed by atoms with van der Waals surface area (Å²) in [6, 6.07) is 10.7. The molecule has 0 saturated heterocycles. The van der Waals surface area contributed by atoms with Gasteiger partial charge in [0.1, 0.15) is 0 Å². The van der Waals surface area contributed by atoms with Gasteiger partial charge in [0.2, 0.25) is 0 Å². The van der Waals surface area contributed by atoms with Crippen LogP contribution in [0.1, 0.15) is 27.6 Å². The fourth-order valence-electron chi connectivity index (χ4n) is 2.28. The van der Waals surface area contributed by atoms with Crippen LogP contribution in [-0.2, 0) is 14.3 Å². The van der Waals surface area contributed by atoms with E-state index in [1.54, 1.807) is 25.1 Å². The van der Waals surface area contributed by atoms with Gasteiger partial charge in [-0.2, -0.15) is 0 Å². The normalized spacial score (nSPS) is 9.96. The molecule has 0 spiro atoms. The third-order valence-corrected chi connectivity index (χ3v) is 3.63. The second-order valence-electron chi connectivity index (χ2n) is 5.49. The maximum absolute atomic E-state index is 12.1. The Morgan fingerprint density at radius 3 is 2.04 bits per heavy atom. The molecular formula is C20H21NO7. The van der Waals surface area contributed by atoms with Crippen molar-refractivity contribution in [1.29, 1.82) is 0 Å². The number of hydrogen-bond donors (Lipinski definition) is 1. The molecule has 0 aliphatic rings. The Balaban J connectivity index is 1.90. The van der Waals surface area contributed by atoms with Crippen molar-refractivity contribution in [2.45, 2.75) is 6.92 Å². The van der Waals surface area contributed by atoms with Gasteiger partial charge < -0.3 is 24.3 Å². The van der Waals surface area contributed by atoms with Crippen molar-refractivity contribution in [3.8, 4) is 11.5 Å². The van der Waals surface area contributed by atoms with Crippen LogP contribution >= 0.6 is 0 Å². The van der Waals surface area contributed by atoms with Gasteiger partial charge in [0.25, 0.3) is 5.91 Å². The standard InChI is InChI=1S/C20H21NO7/c1-4-27-19(23)13-5-8-15(9-6-13)21-18(22)12-28-20(24)14-7-10-16(25-2)17(11-14)26-3/h5-11H,4,12H2,1-3H3,(H,21,22). The molecule has 8 heteroatoms. The largest absolute Gasteiger partial charge is 0.493 e. The molecule has 0 aromatic heterocycles. The lowest BCUT2D eigenvalue weighted by Crippen LogP contribution is -2.21. The number of ether oxygens (including phenoxy) is 4. The lowest BCUT2D eigenvalue weighted by Gasteiger charge is -2.10. The molecule has 28 heavy (non-hydrogen) atoms. The summed E-state index contributed by atoms with van der Waals surface area (Å²) in [6.45, 7) is 1.53. The van der Waals surface area contributed by atoms with E-state index in [9.17, 15) is 14.4 Å². The summed E-state index contributed by atoms with van der Waals surface area (Å²) >= 11 is 0. The second kappa shape index (κ2) is 9.96. The number of methoxy groups -OCH3 is 2. The molecule has 148 valence electrons. The van der Waals surface area contributed by atoms with E-state index in [4.69, 9.17) is 18.9 Å². The van der Waals surface area contributed by atoms with Gasteiger partial charge in [-0.05, 0) is 49.4 Å². The zero-order chi connectivity index (χ0) is 20.5.